The highest BCUT2D eigenvalue weighted by atomic mass is 32.2. The first-order chi connectivity index (χ1) is 25.8. The fourth-order valence-electron chi connectivity index (χ4n) is 7.82. The molecule has 290 valence electrons. The van der Waals surface area contributed by atoms with E-state index in [1.807, 2.05) is 0 Å². The first-order valence-corrected chi connectivity index (χ1v) is 20.1. The standard InChI is InChI=1S/C42H55N5O6S/c1-9-26-23(5)32-19-35-27(10-2)22(4)31(44-35)18-33-24(6)28(38(46-33)25(7)30-16-21(3)29(43-30)17-34(26)45-32)12-13-37(49)47(8)14-11-15-54-42-41(52)40(51)39(50)36(20-48)53-42/h16-19,36,39-42,44-45,48,50-52H,9-15,20H2,1-8H3/t36-,39-,40+,41-,42+/m1/s1. The van der Waals surface area contributed by atoms with E-state index >= 15 is 0 Å². The van der Waals surface area contributed by atoms with Gasteiger partial charge in [0, 0.05) is 47.6 Å². The number of aromatic amines is 2. The molecule has 54 heavy (non-hydrogen) atoms. The summed E-state index contributed by atoms with van der Waals surface area (Å²) in [5, 5.41) is 40.0. The third-order valence-corrected chi connectivity index (χ3v) is 12.6. The van der Waals surface area contributed by atoms with Crippen LogP contribution in [-0.2, 0) is 22.4 Å². The summed E-state index contributed by atoms with van der Waals surface area (Å²) in [5.74, 6) is 0.567. The van der Waals surface area contributed by atoms with Gasteiger partial charge in [0.1, 0.15) is 29.9 Å². The average Bonchev–Trinajstić information content (AvgIpc) is 3.86. The maximum Gasteiger partial charge on any atom is 0.222 e. The summed E-state index contributed by atoms with van der Waals surface area (Å²) in [6.45, 7) is 15.0. The summed E-state index contributed by atoms with van der Waals surface area (Å²) in [6, 6.07) is 6.53. The van der Waals surface area contributed by atoms with E-state index in [0.29, 0.717) is 31.6 Å². The maximum atomic E-state index is 13.5. The highest BCUT2D eigenvalue weighted by Gasteiger charge is 2.43. The minimum atomic E-state index is -1.40. The van der Waals surface area contributed by atoms with Gasteiger partial charge in [0.25, 0.3) is 0 Å². The molecule has 0 aromatic carbocycles. The second kappa shape index (κ2) is 16.5. The molecule has 1 amide bonds. The molecule has 1 fully saturated rings. The number of H-pyrrole nitrogens is 2. The van der Waals surface area contributed by atoms with Crippen molar-refractivity contribution in [3.63, 3.8) is 0 Å². The number of hydrogen-bond acceptors (Lipinski definition) is 9. The van der Waals surface area contributed by atoms with Crippen LogP contribution >= 0.6 is 11.8 Å². The van der Waals surface area contributed by atoms with Crippen molar-refractivity contribution in [2.24, 2.45) is 0 Å². The molecule has 0 aliphatic carbocycles. The van der Waals surface area contributed by atoms with E-state index in [4.69, 9.17) is 14.7 Å². The van der Waals surface area contributed by atoms with E-state index in [9.17, 15) is 25.2 Å². The Morgan fingerprint density at radius 1 is 0.852 bits per heavy atom. The molecule has 12 heteroatoms. The van der Waals surface area contributed by atoms with Crippen molar-refractivity contribution in [2.75, 3.05) is 26.0 Å². The van der Waals surface area contributed by atoms with E-state index in [0.717, 1.165) is 80.0 Å². The zero-order chi connectivity index (χ0) is 39.0. The van der Waals surface area contributed by atoms with Crippen molar-refractivity contribution in [3.05, 3.63) is 68.8 Å². The molecule has 3 aromatic heterocycles. The minimum absolute atomic E-state index is 0.0141. The van der Waals surface area contributed by atoms with Crippen LogP contribution in [0, 0.1) is 20.8 Å². The highest BCUT2D eigenvalue weighted by molar-refractivity contribution is 7.99. The van der Waals surface area contributed by atoms with Crippen LogP contribution in [0.5, 0.6) is 0 Å². The first-order valence-electron chi connectivity index (χ1n) is 19.1. The summed E-state index contributed by atoms with van der Waals surface area (Å²) in [6.07, 6.45) is 0.388. The number of allylic oxidation sites excluding steroid dienone is 3. The molecule has 0 saturated carbocycles. The van der Waals surface area contributed by atoms with Gasteiger partial charge in [-0.25, -0.2) is 9.97 Å². The number of carbonyl (C=O) groups is 1. The number of nitrogens with one attached hydrogen (secondary N) is 2. The number of aliphatic hydroxyl groups excluding tert-OH is 4. The predicted molar refractivity (Wildman–Crippen MR) is 218 cm³/mol. The van der Waals surface area contributed by atoms with Gasteiger partial charge in [-0.15, -0.1) is 11.8 Å². The van der Waals surface area contributed by atoms with E-state index in [2.05, 4.69) is 82.7 Å². The summed E-state index contributed by atoms with van der Waals surface area (Å²) < 4.78 is 5.60. The SMILES string of the molecule is CCc1c(C)c2cc3[nH]c(cc4nc(c(C)c5nc(cc1[nH]2)C(C)=C5)C(CCC(=O)N(C)CCCS[C@@H]1O[C@H](CO)[C@@H](O)[C@H](O)[C@H]1O)=C4C)c(C)c3CC. The number of carbonyl (C=O) groups excluding carboxylic acids is 1. The van der Waals surface area contributed by atoms with Crippen molar-refractivity contribution in [1.82, 2.24) is 24.8 Å². The lowest BCUT2D eigenvalue weighted by Crippen LogP contribution is -2.57. The van der Waals surface area contributed by atoms with Crippen LogP contribution in [-0.4, -0.2) is 107 Å². The lowest BCUT2D eigenvalue weighted by Gasteiger charge is -2.39. The topological polar surface area (TPSA) is 168 Å². The largest absolute Gasteiger partial charge is 0.394 e. The van der Waals surface area contributed by atoms with Gasteiger partial charge in [-0.2, -0.15) is 0 Å². The molecular weight excluding hydrogens is 703 g/mol. The van der Waals surface area contributed by atoms with Crippen molar-refractivity contribution in [3.8, 4) is 0 Å². The summed E-state index contributed by atoms with van der Waals surface area (Å²) in [5.41, 5.74) is 16.2. The Labute approximate surface area is 321 Å². The fraction of sp³-hybridized carbons (Fsp3) is 0.500. The van der Waals surface area contributed by atoms with E-state index in [1.54, 1.807) is 11.9 Å². The zero-order valence-corrected chi connectivity index (χ0v) is 33.5. The van der Waals surface area contributed by atoms with E-state index in [-0.39, 0.29) is 5.91 Å². The molecule has 6 N–H and O–H groups in total. The molecule has 3 aromatic rings. The Morgan fingerprint density at radius 2 is 1.48 bits per heavy atom. The molecule has 0 unspecified atom stereocenters. The number of rotatable bonds is 11. The van der Waals surface area contributed by atoms with Crippen LogP contribution in [0.2, 0.25) is 0 Å². The van der Waals surface area contributed by atoms with Gasteiger partial charge >= 0.3 is 0 Å². The van der Waals surface area contributed by atoms with Crippen LogP contribution in [0.15, 0.2) is 18.2 Å². The first kappa shape index (κ1) is 39.9. The number of thioether (sulfide) groups is 1. The fourth-order valence-corrected chi connectivity index (χ4v) is 8.93. The Bertz CT molecular complexity index is 2150. The van der Waals surface area contributed by atoms with Gasteiger partial charge in [-0.3, -0.25) is 4.79 Å². The van der Waals surface area contributed by atoms with E-state index < -0.39 is 36.5 Å². The van der Waals surface area contributed by atoms with Crippen molar-refractivity contribution >= 4 is 62.5 Å². The van der Waals surface area contributed by atoms with Crippen LogP contribution in [0.25, 0.3) is 44.9 Å². The lowest BCUT2D eigenvalue weighted by molar-refractivity contribution is -0.205. The van der Waals surface area contributed by atoms with Gasteiger partial charge in [-0.05, 0) is 129 Å². The lowest BCUT2D eigenvalue weighted by atomic mass is 9.98. The number of amides is 1. The van der Waals surface area contributed by atoms with Gasteiger partial charge in [-0.1, -0.05) is 13.8 Å². The molecule has 6 heterocycles. The van der Waals surface area contributed by atoms with Gasteiger partial charge < -0.3 is 40.0 Å². The van der Waals surface area contributed by atoms with Crippen molar-refractivity contribution < 1.29 is 30.0 Å². The number of nitrogens with zero attached hydrogens (tertiary/aromatic N) is 3. The zero-order valence-electron chi connectivity index (χ0n) is 32.7. The molecule has 0 radical (unpaired) electrons. The molecule has 3 aliphatic rings. The van der Waals surface area contributed by atoms with Crippen molar-refractivity contribution in [2.45, 2.75) is 110 Å². The summed E-state index contributed by atoms with van der Waals surface area (Å²) in [7, 11) is 1.79. The maximum absolute atomic E-state index is 13.5. The molecule has 11 nitrogen and oxygen atoms in total. The van der Waals surface area contributed by atoms with Crippen LogP contribution in [0.3, 0.4) is 0 Å². The van der Waals surface area contributed by atoms with Crippen LogP contribution in [0.4, 0.5) is 0 Å². The van der Waals surface area contributed by atoms with Crippen LogP contribution in [0.1, 0.15) is 97.6 Å². The monoisotopic (exact) mass is 757 g/mol. The number of aliphatic hydroxyl groups is 4. The minimum Gasteiger partial charge on any atom is -0.394 e. The summed E-state index contributed by atoms with van der Waals surface area (Å²) in [4.78, 5) is 33.0. The Morgan fingerprint density at radius 3 is 2.13 bits per heavy atom. The molecular formula is C42H55N5O6S. The third kappa shape index (κ3) is 7.69. The number of fused-ring (bicyclic) bond motifs is 8. The molecule has 3 aliphatic heterocycles. The number of aromatic nitrogens is 4. The molecule has 8 bridgehead atoms. The smallest absolute Gasteiger partial charge is 0.222 e. The second-order valence-electron chi connectivity index (χ2n) is 14.8. The highest BCUT2D eigenvalue weighted by Crippen LogP contribution is 2.37. The number of ether oxygens (including phenoxy) is 1. The number of aryl methyl sites for hydroxylation is 4. The van der Waals surface area contributed by atoms with Crippen LogP contribution < -0.4 is 0 Å². The average molecular weight is 758 g/mol. The normalized spacial score (nSPS) is 21.5. The molecule has 0 spiro atoms. The quantitative estimate of drug-likeness (QED) is 0.128. The van der Waals surface area contributed by atoms with Gasteiger partial charge in [0.15, 0.2) is 0 Å². The van der Waals surface area contributed by atoms with Crippen molar-refractivity contribution in [1.29, 1.82) is 0 Å². The Hall–Kier alpha value is -3.78. The summed E-state index contributed by atoms with van der Waals surface area (Å²) >= 11 is 1.29. The Balaban J connectivity index is 1.29. The third-order valence-electron chi connectivity index (χ3n) is 11.3. The van der Waals surface area contributed by atoms with Gasteiger partial charge in [0.05, 0.1) is 29.4 Å². The Kier molecular flexibility index (Phi) is 12.2. The molecule has 5 atom stereocenters. The second-order valence-corrected chi connectivity index (χ2v) is 16.0. The predicted octanol–water partition coefficient (Wildman–Crippen LogP) is 6.02. The van der Waals surface area contributed by atoms with E-state index in [1.165, 1.54) is 34.0 Å². The van der Waals surface area contributed by atoms with Gasteiger partial charge in [0.2, 0.25) is 5.91 Å². The molecule has 6 rings (SSSR count). The number of hydrogen-bond donors (Lipinski definition) is 6. The molecule has 1 saturated heterocycles.